The van der Waals surface area contributed by atoms with Gasteiger partial charge in [-0.1, -0.05) is 142 Å². The molecule has 0 saturated heterocycles. The Morgan fingerprint density at radius 3 is 1.83 bits per heavy atom. The van der Waals surface area contributed by atoms with E-state index in [9.17, 15) is 0 Å². The summed E-state index contributed by atoms with van der Waals surface area (Å²) in [4.78, 5) is 0. The Bertz CT molecular complexity index is 1740. The number of allylic oxidation sites excluding steroid dienone is 7. The molecule has 0 aliphatic carbocycles. The van der Waals surface area contributed by atoms with Gasteiger partial charge >= 0.3 is 0 Å². The van der Waals surface area contributed by atoms with Gasteiger partial charge in [0.1, 0.15) is 17.3 Å². The van der Waals surface area contributed by atoms with Gasteiger partial charge in [0.15, 0.2) is 0 Å². The van der Waals surface area contributed by atoms with Gasteiger partial charge in [0.2, 0.25) is 0 Å². The van der Waals surface area contributed by atoms with Gasteiger partial charge in [-0.3, -0.25) is 0 Å². The van der Waals surface area contributed by atoms with Crippen LogP contribution in [0.4, 0.5) is 0 Å². The molecule has 0 heterocycles. The van der Waals surface area contributed by atoms with Gasteiger partial charge in [-0.2, -0.15) is 0 Å². The maximum absolute atomic E-state index is 5.99. The lowest BCUT2D eigenvalue weighted by molar-refractivity contribution is 0.437. The fraction of sp³-hybridized carbons (Fsp3) is 0.136. The van der Waals surface area contributed by atoms with Crippen molar-refractivity contribution in [1.29, 1.82) is 0 Å². The number of hydrogen-bond acceptors (Lipinski definition) is 2. The highest BCUT2D eigenvalue weighted by atomic mass is 16.5. The van der Waals surface area contributed by atoms with E-state index < -0.39 is 0 Å². The number of benzene rings is 4. The third-order valence-corrected chi connectivity index (χ3v) is 7.75. The minimum Gasteiger partial charge on any atom is -0.465 e. The Hall–Kier alpha value is -5.34. The van der Waals surface area contributed by atoms with E-state index in [2.05, 4.69) is 94.8 Å². The molecule has 0 atom stereocenters. The van der Waals surface area contributed by atoms with Gasteiger partial charge in [-0.25, -0.2) is 0 Å². The Morgan fingerprint density at radius 2 is 1.20 bits per heavy atom. The van der Waals surface area contributed by atoms with Crippen molar-refractivity contribution in [2.75, 3.05) is 0 Å². The zero-order chi connectivity index (χ0) is 32.9. The highest BCUT2D eigenvalue weighted by molar-refractivity contribution is 5.68. The summed E-state index contributed by atoms with van der Waals surface area (Å²) in [6.45, 7) is 23.1. The van der Waals surface area contributed by atoms with Crippen molar-refractivity contribution in [2.45, 2.75) is 40.0 Å². The molecule has 4 aromatic carbocycles. The second-order valence-electron chi connectivity index (χ2n) is 11.3. The highest BCUT2D eigenvalue weighted by Crippen LogP contribution is 2.27. The largest absolute Gasteiger partial charge is 0.465 e. The molecule has 0 bridgehead atoms. The van der Waals surface area contributed by atoms with Crippen LogP contribution >= 0.6 is 0 Å². The molecule has 0 radical (unpaired) electrons. The molecule has 232 valence electrons. The van der Waals surface area contributed by atoms with E-state index in [-0.39, 0.29) is 0 Å². The first-order valence-corrected chi connectivity index (χ1v) is 15.7. The molecule has 46 heavy (non-hydrogen) atoms. The normalized spacial score (nSPS) is 11.5. The number of rotatable bonds is 15. The first-order chi connectivity index (χ1) is 22.2. The van der Waals surface area contributed by atoms with Crippen LogP contribution in [0.25, 0.3) is 22.7 Å². The molecular formula is C44H44O2. The van der Waals surface area contributed by atoms with Crippen molar-refractivity contribution in [3.63, 3.8) is 0 Å². The summed E-state index contributed by atoms with van der Waals surface area (Å²) in [5.41, 5.74) is 11.0. The van der Waals surface area contributed by atoms with Crippen molar-refractivity contribution in [3.8, 4) is 5.75 Å². The zero-order valence-corrected chi connectivity index (χ0v) is 27.4. The highest BCUT2D eigenvalue weighted by Gasteiger charge is 2.07. The van der Waals surface area contributed by atoms with E-state index >= 15 is 0 Å². The SMILES string of the molecule is C=C(CC(=C/C=C\C)/C=C/OC(=C)c1ccc(CC(=C)c2ccc(CC)cc2)cc1)c1ccc(OC(=C)c2ccc(C)cc2)cc1. The maximum Gasteiger partial charge on any atom is 0.127 e. The monoisotopic (exact) mass is 604 g/mol. The fourth-order valence-electron chi connectivity index (χ4n) is 4.85. The van der Waals surface area contributed by atoms with Gasteiger partial charge in [-0.15, -0.1) is 0 Å². The van der Waals surface area contributed by atoms with Crippen molar-refractivity contribution in [2.24, 2.45) is 0 Å². The summed E-state index contributed by atoms with van der Waals surface area (Å²) < 4.78 is 11.9. The Balaban J connectivity index is 1.31. The average Bonchev–Trinajstić information content (AvgIpc) is 3.07. The molecular weight excluding hydrogens is 560 g/mol. The second-order valence-corrected chi connectivity index (χ2v) is 11.3. The van der Waals surface area contributed by atoms with Gasteiger partial charge in [0.05, 0.1) is 6.26 Å². The first-order valence-electron chi connectivity index (χ1n) is 15.7. The smallest absolute Gasteiger partial charge is 0.127 e. The van der Waals surface area contributed by atoms with Crippen LogP contribution in [0.15, 0.2) is 160 Å². The van der Waals surface area contributed by atoms with E-state index in [4.69, 9.17) is 9.47 Å². The fourth-order valence-corrected chi connectivity index (χ4v) is 4.85. The minimum atomic E-state index is 0.587. The molecule has 4 aromatic rings. The van der Waals surface area contributed by atoms with Gasteiger partial charge in [0.25, 0.3) is 0 Å². The van der Waals surface area contributed by atoms with Crippen molar-refractivity contribution < 1.29 is 9.47 Å². The summed E-state index contributed by atoms with van der Waals surface area (Å²) in [5, 5.41) is 0. The summed E-state index contributed by atoms with van der Waals surface area (Å²) in [6.07, 6.45) is 12.2. The predicted molar refractivity (Wildman–Crippen MR) is 198 cm³/mol. The molecule has 0 fully saturated rings. The van der Waals surface area contributed by atoms with Crippen LogP contribution in [0.2, 0.25) is 0 Å². The number of ether oxygens (including phenoxy) is 2. The van der Waals surface area contributed by atoms with E-state index in [0.717, 1.165) is 52.0 Å². The van der Waals surface area contributed by atoms with Crippen LogP contribution in [-0.2, 0) is 17.6 Å². The molecule has 2 heteroatoms. The lowest BCUT2D eigenvalue weighted by Gasteiger charge is -2.11. The molecule has 0 spiro atoms. The lowest BCUT2D eigenvalue weighted by atomic mass is 9.97. The third kappa shape index (κ3) is 9.84. The Morgan fingerprint density at radius 1 is 0.652 bits per heavy atom. The molecule has 0 amide bonds. The molecule has 0 unspecified atom stereocenters. The van der Waals surface area contributed by atoms with Crippen LogP contribution in [0.5, 0.6) is 5.75 Å². The van der Waals surface area contributed by atoms with Gasteiger partial charge in [-0.05, 0) is 90.3 Å². The van der Waals surface area contributed by atoms with E-state index in [1.807, 2.05) is 73.7 Å². The molecule has 4 rings (SSSR count). The maximum atomic E-state index is 5.99. The topological polar surface area (TPSA) is 18.5 Å². The van der Waals surface area contributed by atoms with Gasteiger partial charge < -0.3 is 9.47 Å². The quantitative estimate of drug-likeness (QED) is 0.0992. The summed E-state index contributed by atoms with van der Waals surface area (Å²) in [5.74, 6) is 1.94. The van der Waals surface area contributed by atoms with Crippen LogP contribution < -0.4 is 4.74 Å². The van der Waals surface area contributed by atoms with Crippen LogP contribution in [0.1, 0.15) is 59.2 Å². The van der Waals surface area contributed by atoms with E-state index in [1.54, 1.807) is 6.26 Å². The average molecular weight is 605 g/mol. The van der Waals surface area contributed by atoms with Crippen LogP contribution in [0, 0.1) is 6.92 Å². The zero-order valence-electron chi connectivity index (χ0n) is 27.4. The van der Waals surface area contributed by atoms with Crippen LogP contribution in [-0.4, -0.2) is 0 Å². The second kappa shape index (κ2) is 16.7. The summed E-state index contributed by atoms with van der Waals surface area (Å²) in [6, 6.07) is 33.0. The molecule has 0 saturated carbocycles. The Kier molecular flexibility index (Phi) is 12.1. The molecule has 0 aromatic heterocycles. The molecule has 0 N–H and O–H groups in total. The van der Waals surface area contributed by atoms with Crippen molar-refractivity contribution >= 4 is 22.7 Å². The molecule has 0 aliphatic heterocycles. The van der Waals surface area contributed by atoms with Crippen molar-refractivity contribution in [3.05, 3.63) is 198 Å². The minimum absolute atomic E-state index is 0.587. The predicted octanol–water partition coefficient (Wildman–Crippen LogP) is 12.0. The number of hydrogen-bond donors (Lipinski definition) is 0. The first kappa shape index (κ1) is 33.6. The summed E-state index contributed by atoms with van der Waals surface area (Å²) >= 11 is 0. The standard InChI is InChI=1S/C44H44O2/c1-8-10-11-38(30-33(4)41-24-26-44(27-25-41)46-36(7)43-18-12-32(3)13-19-43)28-29-45-35(6)42-22-16-39(17-23-42)31-34(5)40-20-14-37(9-2)15-21-40/h8,10-29H,4-7,9,30-31H2,1-3H3/b10-8-,29-28+,38-11+. The van der Waals surface area contributed by atoms with Crippen LogP contribution in [0.3, 0.4) is 0 Å². The van der Waals surface area contributed by atoms with E-state index in [1.165, 1.54) is 22.3 Å². The number of aryl methyl sites for hydroxylation is 2. The third-order valence-electron chi connectivity index (χ3n) is 7.75. The molecule has 0 aliphatic rings. The Labute approximate surface area is 275 Å². The molecule has 2 nitrogen and oxygen atoms in total. The van der Waals surface area contributed by atoms with E-state index in [0.29, 0.717) is 17.9 Å². The van der Waals surface area contributed by atoms with Crippen molar-refractivity contribution in [1.82, 2.24) is 0 Å². The summed E-state index contributed by atoms with van der Waals surface area (Å²) in [7, 11) is 0. The van der Waals surface area contributed by atoms with Gasteiger partial charge in [0, 0.05) is 11.1 Å². The lowest BCUT2D eigenvalue weighted by Crippen LogP contribution is -1.94.